The van der Waals surface area contributed by atoms with Crippen molar-refractivity contribution in [3.63, 3.8) is 0 Å². The van der Waals surface area contributed by atoms with Gasteiger partial charge in [0.1, 0.15) is 6.54 Å². The van der Waals surface area contributed by atoms with Crippen LogP contribution in [0.5, 0.6) is 0 Å². The molecule has 2 aromatic rings. The van der Waals surface area contributed by atoms with Crippen molar-refractivity contribution in [2.45, 2.75) is 45.5 Å². The lowest BCUT2D eigenvalue weighted by Gasteiger charge is -2.32. The summed E-state index contributed by atoms with van der Waals surface area (Å²) < 4.78 is 40.3. The highest BCUT2D eigenvalue weighted by Crippen LogP contribution is 2.31. The van der Waals surface area contributed by atoms with E-state index in [0.29, 0.717) is 17.3 Å². The summed E-state index contributed by atoms with van der Waals surface area (Å²) in [5, 5.41) is 4.34. The van der Waals surface area contributed by atoms with Gasteiger partial charge in [-0.05, 0) is 50.4 Å². The van der Waals surface area contributed by atoms with E-state index in [2.05, 4.69) is 29.0 Å². The molecule has 0 spiro atoms. The van der Waals surface area contributed by atoms with Crippen LogP contribution in [0, 0.1) is 11.8 Å². The number of halogens is 3. The minimum Gasteiger partial charge on any atom is -0.382 e. The fourth-order valence-electron chi connectivity index (χ4n) is 3.61. The summed E-state index contributed by atoms with van der Waals surface area (Å²) in [5.74, 6) is 5.53. The normalized spacial score (nSPS) is 16.5. The largest absolute Gasteiger partial charge is 0.406 e. The van der Waals surface area contributed by atoms with Gasteiger partial charge in [0.15, 0.2) is 0 Å². The zero-order valence-corrected chi connectivity index (χ0v) is 15.2. The van der Waals surface area contributed by atoms with Gasteiger partial charge in [0.2, 0.25) is 0 Å². The number of likely N-dealkylation sites (tertiary alicyclic amines) is 1. The average molecular weight is 363 g/mol. The van der Waals surface area contributed by atoms with Crippen LogP contribution in [-0.4, -0.2) is 41.3 Å². The van der Waals surface area contributed by atoms with Gasteiger partial charge in [0.25, 0.3) is 0 Å². The molecule has 1 aliphatic heterocycles. The maximum absolute atomic E-state index is 13.0. The standard InChI is InChI=1S/C20H24F3N3/c1-3-6-16-13-17-18(24-15-9-11-25(4-2)12-10-15)7-5-8-19(17)26(16)14-20(21,22)23/h5,7-8,13,15,24H,4,9-12,14H2,1-2H3. The van der Waals surface area contributed by atoms with Crippen molar-refractivity contribution in [2.24, 2.45) is 0 Å². The van der Waals surface area contributed by atoms with E-state index in [-0.39, 0.29) is 0 Å². The lowest BCUT2D eigenvalue weighted by atomic mass is 10.0. The molecule has 1 N–H and O–H groups in total. The molecule has 1 aromatic carbocycles. The predicted octanol–water partition coefficient (Wildman–Crippen LogP) is 4.47. The van der Waals surface area contributed by atoms with E-state index < -0.39 is 12.7 Å². The van der Waals surface area contributed by atoms with Gasteiger partial charge < -0.3 is 14.8 Å². The molecule has 3 rings (SSSR count). The number of nitrogens with one attached hydrogen (secondary N) is 1. The lowest BCUT2D eigenvalue weighted by molar-refractivity contribution is -0.140. The van der Waals surface area contributed by atoms with Gasteiger partial charge in [-0.3, -0.25) is 0 Å². The zero-order valence-electron chi connectivity index (χ0n) is 15.2. The molecule has 6 heteroatoms. The highest BCUT2D eigenvalue weighted by Gasteiger charge is 2.30. The van der Waals surface area contributed by atoms with Crippen molar-refractivity contribution < 1.29 is 13.2 Å². The topological polar surface area (TPSA) is 20.2 Å². The first-order chi connectivity index (χ1) is 12.4. The number of nitrogens with zero attached hydrogens (tertiary/aromatic N) is 2. The van der Waals surface area contributed by atoms with Crippen LogP contribution < -0.4 is 5.32 Å². The Morgan fingerprint density at radius 3 is 2.58 bits per heavy atom. The van der Waals surface area contributed by atoms with E-state index in [0.717, 1.165) is 43.5 Å². The van der Waals surface area contributed by atoms with Crippen molar-refractivity contribution >= 4 is 16.6 Å². The van der Waals surface area contributed by atoms with Crippen LogP contribution in [0.25, 0.3) is 10.9 Å². The summed E-state index contributed by atoms with van der Waals surface area (Å²) >= 11 is 0. The van der Waals surface area contributed by atoms with Crippen molar-refractivity contribution in [3.05, 3.63) is 30.0 Å². The zero-order chi connectivity index (χ0) is 18.7. The SMILES string of the molecule is CC#Cc1cc2c(NC3CCN(CC)CC3)cccc2n1CC(F)(F)F. The van der Waals surface area contributed by atoms with E-state index in [1.165, 1.54) is 4.57 Å². The number of alkyl halides is 3. The lowest BCUT2D eigenvalue weighted by Crippen LogP contribution is -2.38. The highest BCUT2D eigenvalue weighted by molar-refractivity contribution is 5.94. The third-order valence-electron chi connectivity index (χ3n) is 4.93. The van der Waals surface area contributed by atoms with Crippen LogP contribution >= 0.6 is 0 Å². The quantitative estimate of drug-likeness (QED) is 0.809. The number of piperidine rings is 1. The van der Waals surface area contributed by atoms with Crippen molar-refractivity contribution in [2.75, 3.05) is 25.0 Å². The van der Waals surface area contributed by atoms with Crippen LogP contribution in [0.15, 0.2) is 24.3 Å². The number of hydrogen-bond acceptors (Lipinski definition) is 2. The maximum atomic E-state index is 13.0. The first-order valence-corrected chi connectivity index (χ1v) is 9.02. The van der Waals surface area contributed by atoms with Crippen molar-refractivity contribution in [1.29, 1.82) is 0 Å². The molecule has 0 aliphatic carbocycles. The number of fused-ring (bicyclic) bond motifs is 1. The number of aromatic nitrogens is 1. The van der Waals surface area contributed by atoms with Gasteiger partial charge in [-0.1, -0.05) is 18.9 Å². The average Bonchev–Trinajstić information content (AvgIpc) is 2.93. The van der Waals surface area contributed by atoms with Gasteiger partial charge >= 0.3 is 6.18 Å². The summed E-state index contributed by atoms with van der Waals surface area (Å²) in [4.78, 5) is 2.41. The van der Waals surface area contributed by atoms with Crippen LogP contribution in [0.4, 0.5) is 18.9 Å². The van der Waals surface area contributed by atoms with Gasteiger partial charge in [-0.25, -0.2) is 0 Å². The Morgan fingerprint density at radius 1 is 1.23 bits per heavy atom. The molecule has 3 nitrogen and oxygen atoms in total. The van der Waals surface area contributed by atoms with E-state index in [1.54, 1.807) is 19.1 Å². The smallest absolute Gasteiger partial charge is 0.382 e. The van der Waals surface area contributed by atoms with Gasteiger partial charge in [-0.15, -0.1) is 0 Å². The molecule has 1 saturated heterocycles. The summed E-state index contributed by atoms with van der Waals surface area (Å²) in [6.45, 7) is 5.92. The molecule has 0 unspecified atom stereocenters. The first-order valence-electron chi connectivity index (χ1n) is 9.02. The Bertz CT molecular complexity index is 818. The van der Waals surface area contributed by atoms with Crippen molar-refractivity contribution in [1.82, 2.24) is 9.47 Å². The Labute approximate surface area is 152 Å². The van der Waals surface area contributed by atoms with Gasteiger partial charge in [0.05, 0.1) is 11.2 Å². The molecule has 1 aromatic heterocycles. The molecule has 0 amide bonds. The summed E-state index contributed by atoms with van der Waals surface area (Å²) in [6.07, 6.45) is -2.21. The summed E-state index contributed by atoms with van der Waals surface area (Å²) in [5.41, 5.74) is 1.85. The monoisotopic (exact) mass is 363 g/mol. The van der Waals surface area contributed by atoms with E-state index in [4.69, 9.17) is 0 Å². The van der Waals surface area contributed by atoms with Crippen LogP contribution in [0.3, 0.4) is 0 Å². The predicted molar refractivity (Wildman–Crippen MR) is 99.3 cm³/mol. The number of rotatable bonds is 4. The summed E-state index contributed by atoms with van der Waals surface area (Å²) in [6, 6.07) is 7.58. The molecule has 2 heterocycles. The summed E-state index contributed by atoms with van der Waals surface area (Å²) in [7, 11) is 0. The van der Waals surface area contributed by atoms with E-state index in [9.17, 15) is 13.2 Å². The molecule has 26 heavy (non-hydrogen) atoms. The number of hydrogen-bond donors (Lipinski definition) is 1. The van der Waals surface area contributed by atoms with E-state index >= 15 is 0 Å². The Kier molecular flexibility index (Phi) is 5.47. The Morgan fingerprint density at radius 2 is 1.96 bits per heavy atom. The number of benzene rings is 1. The molecule has 0 atom stereocenters. The molecule has 0 radical (unpaired) electrons. The number of anilines is 1. The first kappa shape index (κ1) is 18.7. The molecule has 1 aliphatic rings. The minimum absolute atomic E-state index is 0.343. The fourth-order valence-corrected chi connectivity index (χ4v) is 3.61. The van der Waals surface area contributed by atoms with Crippen LogP contribution in [0.2, 0.25) is 0 Å². The van der Waals surface area contributed by atoms with E-state index in [1.807, 2.05) is 12.1 Å². The van der Waals surface area contributed by atoms with Crippen LogP contribution in [0.1, 0.15) is 32.4 Å². The highest BCUT2D eigenvalue weighted by atomic mass is 19.4. The molecular weight excluding hydrogens is 339 g/mol. The van der Waals surface area contributed by atoms with Crippen LogP contribution in [-0.2, 0) is 6.54 Å². The molecule has 0 bridgehead atoms. The second-order valence-corrected chi connectivity index (χ2v) is 6.70. The Balaban J connectivity index is 1.92. The molecule has 1 fully saturated rings. The van der Waals surface area contributed by atoms with Gasteiger partial charge in [-0.2, -0.15) is 13.2 Å². The Hall–Kier alpha value is -2.13. The maximum Gasteiger partial charge on any atom is 0.406 e. The molecule has 140 valence electrons. The minimum atomic E-state index is -4.29. The third kappa shape index (κ3) is 4.16. The second kappa shape index (κ2) is 7.63. The van der Waals surface area contributed by atoms with Crippen molar-refractivity contribution in [3.8, 4) is 11.8 Å². The fraction of sp³-hybridized carbons (Fsp3) is 0.500. The molecular formula is C20H24F3N3. The van der Waals surface area contributed by atoms with Gasteiger partial charge in [0, 0.05) is 30.2 Å². The second-order valence-electron chi connectivity index (χ2n) is 6.70. The molecule has 0 saturated carbocycles. The third-order valence-corrected chi connectivity index (χ3v) is 4.93.